The Kier molecular flexibility index (Phi) is 4.86. The van der Waals surface area contributed by atoms with Gasteiger partial charge in [0, 0.05) is 19.7 Å². The maximum atomic E-state index is 11.2. The highest BCUT2D eigenvalue weighted by molar-refractivity contribution is 5.97. The minimum absolute atomic E-state index is 0.0412. The minimum Gasteiger partial charge on any atom is -0.478 e. The molecule has 0 spiro atoms. The summed E-state index contributed by atoms with van der Waals surface area (Å²) in [6.45, 7) is 4.67. The predicted octanol–water partition coefficient (Wildman–Crippen LogP) is 2.78. The molecule has 6 nitrogen and oxygen atoms in total. The average Bonchev–Trinajstić information content (AvgIpc) is 2.34. The van der Waals surface area contributed by atoms with E-state index in [-0.39, 0.29) is 16.9 Å². The fourth-order valence-electron chi connectivity index (χ4n) is 1.82. The number of hydrogen-bond donors (Lipinski definition) is 1. The van der Waals surface area contributed by atoms with Crippen LogP contribution in [0.1, 0.15) is 30.6 Å². The van der Waals surface area contributed by atoms with Crippen LogP contribution in [0.5, 0.6) is 0 Å². The van der Waals surface area contributed by atoms with Crippen LogP contribution < -0.4 is 4.90 Å². The molecule has 0 atom stereocenters. The third kappa shape index (κ3) is 3.67. The molecule has 1 aromatic carbocycles. The van der Waals surface area contributed by atoms with Gasteiger partial charge in [0.05, 0.1) is 10.5 Å². The zero-order valence-electron chi connectivity index (χ0n) is 11.3. The van der Waals surface area contributed by atoms with Crippen molar-refractivity contribution in [2.24, 2.45) is 5.92 Å². The van der Waals surface area contributed by atoms with Crippen molar-refractivity contribution in [1.82, 2.24) is 0 Å². The van der Waals surface area contributed by atoms with Crippen LogP contribution in [0.3, 0.4) is 0 Å². The number of carbonyl (C=O) groups is 1. The molecule has 0 aromatic heterocycles. The van der Waals surface area contributed by atoms with Gasteiger partial charge in [-0.15, -0.1) is 0 Å². The van der Waals surface area contributed by atoms with Gasteiger partial charge >= 0.3 is 5.97 Å². The summed E-state index contributed by atoms with van der Waals surface area (Å²) < 4.78 is 0. The number of carboxylic acid groups (broad SMARTS) is 1. The van der Waals surface area contributed by atoms with Gasteiger partial charge in [0.2, 0.25) is 0 Å². The molecule has 104 valence electrons. The second kappa shape index (κ2) is 6.17. The van der Waals surface area contributed by atoms with E-state index < -0.39 is 10.9 Å². The van der Waals surface area contributed by atoms with Crippen LogP contribution in [-0.4, -0.2) is 29.6 Å². The highest BCUT2D eigenvalue weighted by Crippen LogP contribution is 2.31. The molecule has 0 aliphatic carbocycles. The lowest BCUT2D eigenvalue weighted by Gasteiger charge is -2.21. The van der Waals surface area contributed by atoms with Gasteiger partial charge in [-0.25, -0.2) is 4.79 Å². The van der Waals surface area contributed by atoms with Crippen LogP contribution in [0.2, 0.25) is 0 Å². The maximum Gasteiger partial charge on any atom is 0.338 e. The molecule has 1 rings (SSSR count). The van der Waals surface area contributed by atoms with Crippen LogP contribution in [0.15, 0.2) is 18.2 Å². The van der Waals surface area contributed by atoms with Gasteiger partial charge in [-0.05, 0) is 18.4 Å². The normalized spacial score (nSPS) is 10.5. The highest BCUT2D eigenvalue weighted by atomic mass is 16.6. The van der Waals surface area contributed by atoms with E-state index in [1.54, 1.807) is 11.9 Å². The third-order valence-electron chi connectivity index (χ3n) is 2.87. The molecule has 0 bridgehead atoms. The van der Waals surface area contributed by atoms with E-state index >= 15 is 0 Å². The molecule has 1 N–H and O–H groups in total. The smallest absolute Gasteiger partial charge is 0.338 e. The summed E-state index contributed by atoms with van der Waals surface area (Å²) in [7, 11) is 1.68. The fraction of sp³-hybridized carbons (Fsp3) is 0.462. The number of aromatic carboxylic acids is 1. The summed E-state index contributed by atoms with van der Waals surface area (Å²) in [6, 6.07) is 4.10. The number of anilines is 1. The largest absolute Gasteiger partial charge is 0.478 e. The van der Waals surface area contributed by atoms with E-state index in [2.05, 4.69) is 0 Å². The van der Waals surface area contributed by atoms with Crippen LogP contribution in [0.25, 0.3) is 0 Å². The Morgan fingerprint density at radius 3 is 2.58 bits per heavy atom. The van der Waals surface area contributed by atoms with Crippen molar-refractivity contribution >= 4 is 17.3 Å². The number of rotatable bonds is 6. The molecular weight excluding hydrogens is 248 g/mol. The standard InChI is InChI=1S/C13H18N2O4/c1-9(2)7-8-14(3)12-10(13(16)17)5-4-6-11(12)15(18)19/h4-6,9H,7-8H2,1-3H3,(H,16,17). The van der Waals surface area contributed by atoms with Crippen molar-refractivity contribution in [3.8, 4) is 0 Å². The van der Waals surface area contributed by atoms with E-state index in [0.717, 1.165) is 6.42 Å². The van der Waals surface area contributed by atoms with Gasteiger partial charge < -0.3 is 10.0 Å². The Labute approximate surface area is 111 Å². The van der Waals surface area contributed by atoms with Gasteiger partial charge in [0.25, 0.3) is 5.69 Å². The average molecular weight is 266 g/mol. The van der Waals surface area contributed by atoms with Crippen LogP contribution in [0, 0.1) is 16.0 Å². The number of para-hydroxylation sites is 1. The van der Waals surface area contributed by atoms with Crippen molar-refractivity contribution in [2.45, 2.75) is 20.3 Å². The summed E-state index contributed by atoms with van der Waals surface area (Å²) in [5.41, 5.74) is -0.0488. The van der Waals surface area contributed by atoms with Crippen LogP contribution in [0.4, 0.5) is 11.4 Å². The van der Waals surface area contributed by atoms with Crippen molar-refractivity contribution in [2.75, 3.05) is 18.5 Å². The Morgan fingerprint density at radius 2 is 2.11 bits per heavy atom. The van der Waals surface area contributed by atoms with E-state index in [1.807, 2.05) is 13.8 Å². The Morgan fingerprint density at radius 1 is 1.47 bits per heavy atom. The summed E-state index contributed by atoms with van der Waals surface area (Å²) in [4.78, 5) is 23.3. The Balaban J connectivity index is 3.20. The number of hydrogen-bond acceptors (Lipinski definition) is 4. The summed E-state index contributed by atoms with van der Waals surface area (Å²) >= 11 is 0. The monoisotopic (exact) mass is 266 g/mol. The topological polar surface area (TPSA) is 83.7 Å². The maximum absolute atomic E-state index is 11.2. The zero-order valence-corrected chi connectivity index (χ0v) is 11.3. The first kappa shape index (κ1) is 14.9. The molecule has 0 unspecified atom stereocenters. The van der Waals surface area contributed by atoms with Crippen molar-refractivity contribution in [1.29, 1.82) is 0 Å². The van der Waals surface area contributed by atoms with Gasteiger partial charge in [-0.1, -0.05) is 19.9 Å². The predicted molar refractivity (Wildman–Crippen MR) is 72.8 cm³/mol. The molecule has 0 saturated heterocycles. The Bertz CT molecular complexity index is 453. The van der Waals surface area contributed by atoms with Gasteiger partial charge in [-0.3, -0.25) is 10.1 Å². The first-order chi connectivity index (χ1) is 8.84. The van der Waals surface area contributed by atoms with Crippen molar-refractivity contribution in [3.05, 3.63) is 33.9 Å². The minimum atomic E-state index is -1.16. The van der Waals surface area contributed by atoms with Gasteiger partial charge in [0.15, 0.2) is 0 Å². The van der Waals surface area contributed by atoms with Gasteiger partial charge in [0.1, 0.15) is 5.69 Å². The fourth-order valence-corrected chi connectivity index (χ4v) is 1.82. The lowest BCUT2D eigenvalue weighted by molar-refractivity contribution is -0.384. The quantitative estimate of drug-likeness (QED) is 0.632. The molecule has 0 amide bonds. The number of carboxylic acids is 1. The molecule has 1 aromatic rings. The summed E-state index contributed by atoms with van der Waals surface area (Å²) in [5, 5.41) is 20.2. The van der Waals surface area contributed by atoms with Crippen LogP contribution >= 0.6 is 0 Å². The molecule has 0 aliphatic rings. The first-order valence-electron chi connectivity index (χ1n) is 6.06. The molecule has 19 heavy (non-hydrogen) atoms. The Hall–Kier alpha value is -2.11. The molecule has 0 saturated carbocycles. The SMILES string of the molecule is CC(C)CCN(C)c1c(C(=O)O)cccc1[N+](=O)[O-]. The first-order valence-corrected chi connectivity index (χ1v) is 6.06. The van der Waals surface area contributed by atoms with E-state index in [9.17, 15) is 14.9 Å². The second-order valence-corrected chi connectivity index (χ2v) is 4.84. The number of nitro groups is 1. The molecular formula is C13H18N2O4. The van der Waals surface area contributed by atoms with Crippen LogP contribution in [-0.2, 0) is 0 Å². The number of nitrogens with zero attached hydrogens (tertiary/aromatic N) is 2. The highest BCUT2D eigenvalue weighted by Gasteiger charge is 2.24. The lowest BCUT2D eigenvalue weighted by atomic mass is 10.1. The zero-order chi connectivity index (χ0) is 14.6. The van der Waals surface area contributed by atoms with E-state index in [1.165, 1.54) is 18.2 Å². The second-order valence-electron chi connectivity index (χ2n) is 4.84. The lowest BCUT2D eigenvalue weighted by Crippen LogP contribution is -2.23. The van der Waals surface area contributed by atoms with E-state index in [4.69, 9.17) is 5.11 Å². The van der Waals surface area contributed by atoms with E-state index in [0.29, 0.717) is 12.5 Å². The van der Waals surface area contributed by atoms with Crippen molar-refractivity contribution < 1.29 is 14.8 Å². The molecule has 0 radical (unpaired) electrons. The molecule has 0 heterocycles. The molecule has 0 aliphatic heterocycles. The third-order valence-corrected chi connectivity index (χ3v) is 2.87. The molecule has 6 heteroatoms. The number of benzene rings is 1. The molecule has 0 fully saturated rings. The van der Waals surface area contributed by atoms with Crippen molar-refractivity contribution in [3.63, 3.8) is 0 Å². The summed E-state index contributed by atoms with van der Waals surface area (Å²) in [6.07, 6.45) is 0.835. The van der Waals surface area contributed by atoms with Gasteiger partial charge in [-0.2, -0.15) is 0 Å². The summed E-state index contributed by atoms with van der Waals surface area (Å²) in [5.74, 6) is -0.714. The number of nitro benzene ring substituents is 1.